The Morgan fingerprint density at radius 2 is 1.00 bits per heavy atom. The fraction of sp³-hybridized carbons (Fsp3) is 0.216. The summed E-state index contributed by atoms with van der Waals surface area (Å²) in [6, 6.07) is 40.4. The Balaban J connectivity index is 0.000000157. The minimum Gasteiger partial charge on any atom is -0.333 e. The highest BCUT2D eigenvalue weighted by Crippen LogP contribution is 2.36. The van der Waals surface area contributed by atoms with Crippen molar-refractivity contribution in [2.75, 3.05) is 82.4 Å². The highest BCUT2D eigenvalue weighted by Gasteiger charge is 2.35. The van der Waals surface area contributed by atoms with Crippen LogP contribution in [0.3, 0.4) is 0 Å². The van der Waals surface area contributed by atoms with Gasteiger partial charge < -0.3 is 30.3 Å². The van der Waals surface area contributed by atoms with Gasteiger partial charge >= 0.3 is 12.4 Å². The van der Waals surface area contributed by atoms with Crippen LogP contribution in [-0.4, -0.2) is 138 Å². The number of halogens is 7. The third kappa shape index (κ3) is 21.5. The first-order valence-electron chi connectivity index (χ1n) is 36.0. The maximum Gasteiger partial charge on any atom is 0.416 e. The van der Waals surface area contributed by atoms with Crippen molar-refractivity contribution < 1.29 is 40.7 Å². The molecule has 17 nitrogen and oxygen atoms in total. The predicted octanol–water partition coefficient (Wildman–Crippen LogP) is 16.0. The lowest BCUT2D eigenvalue weighted by Gasteiger charge is -2.32. The van der Waals surface area contributed by atoms with Crippen molar-refractivity contribution in [3.63, 3.8) is 0 Å². The Labute approximate surface area is 650 Å². The van der Waals surface area contributed by atoms with Crippen LogP contribution in [0.1, 0.15) is 115 Å². The number of hydrogen-bond acceptors (Lipinski definition) is 13. The molecule has 2 saturated heterocycles. The van der Waals surface area contributed by atoms with E-state index in [1.54, 1.807) is 103 Å². The summed E-state index contributed by atoms with van der Waals surface area (Å²) in [4.78, 5) is 72.6. The zero-order valence-corrected chi connectivity index (χ0v) is 62.7. The standard InChI is InChI=1S/C33H31F3N4O.C30H28ClN5O.C25H18F3N5O/c1-23-8-9-25(18-24(23)10-11-27-21-37-20-26-6-3-4-7-30(26)27)32(41)38-29-13-12-28(31(19-29)33(34,35)36)22-40-15-5-14-39(2)16-17-40;1-21-5-6-23(16-22(21)7-8-25-19-32-18-24-4-3-11-33-29(24)25)30(37)34-27-10-9-26(28(31)17-27)20-36-14-12-35(2)13-15-36;1-17-2-4-21(10-20(17)5-3-18-12-30-15-31-13-18)24(34)32-23-9-19(14-33-7-6-29-16-33)8-22(11-23)25(26,27)28/h3-4,6-9,12-13,18-21H,5,14-17,22H2,1-2H3,(H,38,41);3-6,9-11,16-19H,12-15,20H2,1-2H3,(H,34,37);2,4,6-13,15-16H,14H2,1H3,(H,32,34). The van der Waals surface area contributed by atoms with E-state index < -0.39 is 35.3 Å². The van der Waals surface area contributed by atoms with Gasteiger partial charge in [-0.2, -0.15) is 26.3 Å². The molecule has 0 unspecified atom stereocenters. The number of pyridine rings is 3. The molecular weight excluding hydrogens is 1450 g/mol. The van der Waals surface area contributed by atoms with E-state index in [1.165, 1.54) is 30.9 Å². The van der Waals surface area contributed by atoms with Crippen LogP contribution in [-0.2, 0) is 32.0 Å². The molecule has 7 aromatic carbocycles. The number of fused-ring (bicyclic) bond motifs is 2. The lowest BCUT2D eigenvalue weighted by Crippen LogP contribution is -2.43. The van der Waals surface area contributed by atoms with Crippen LogP contribution in [0.25, 0.3) is 21.7 Å². The zero-order chi connectivity index (χ0) is 78.9. The quantitative estimate of drug-likeness (QED) is 0.0777. The maximum absolute atomic E-state index is 14.0. The van der Waals surface area contributed by atoms with E-state index >= 15 is 0 Å². The maximum atomic E-state index is 14.0. The normalized spacial score (nSPS) is 13.4. The number of nitrogens with one attached hydrogen (secondary N) is 3. The number of carbonyl (C=O) groups excluding carboxylic acids is 3. The molecule has 3 amide bonds. The minimum absolute atomic E-state index is 0.0459. The van der Waals surface area contributed by atoms with Crippen molar-refractivity contribution in [2.24, 2.45) is 0 Å². The van der Waals surface area contributed by atoms with Crippen molar-refractivity contribution in [1.82, 2.24) is 54.1 Å². The van der Waals surface area contributed by atoms with Gasteiger partial charge in [0.1, 0.15) is 6.33 Å². The molecule has 2 fully saturated rings. The van der Waals surface area contributed by atoms with Crippen LogP contribution < -0.4 is 16.0 Å². The van der Waals surface area contributed by atoms with Gasteiger partial charge in [0.25, 0.3) is 17.7 Å². The molecule has 2 aliphatic heterocycles. The number of aryl methyl sites for hydroxylation is 3. The van der Waals surface area contributed by atoms with E-state index in [0.29, 0.717) is 50.6 Å². The molecule has 112 heavy (non-hydrogen) atoms. The largest absolute Gasteiger partial charge is 0.416 e. The Morgan fingerprint density at radius 1 is 0.464 bits per heavy atom. The smallest absolute Gasteiger partial charge is 0.333 e. The van der Waals surface area contributed by atoms with Gasteiger partial charge in [0, 0.05) is 186 Å². The van der Waals surface area contributed by atoms with Gasteiger partial charge in [-0.3, -0.25) is 39.1 Å². The Bertz CT molecular complexity index is 5610. The Morgan fingerprint density at radius 3 is 1.61 bits per heavy atom. The number of hydrogen-bond donors (Lipinski definition) is 3. The SMILES string of the molecule is Cc1ccc(C(=O)Nc2cc(Cn3ccnc3)cc(C(F)(F)F)c2)cc1C#Cc1cncnc1.Cc1ccc(C(=O)Nc2ccc(CN3CCCN(C)CC3)c(C(F)(F)F)c2)cc1C#Cc1cncc2ccccc12.Cc1ccc(C(=O)Nc2ccc(CN3CCN(C)CC3)c(Cl)c2)cc1C#Cc1cncc2cccnc12. The molecule has 0 saturated carbocycles. The monoisotopic (exact) mass is 1530 g/mol. The first kappa shape index (κ1) is 79.2. The number of carbonyl (C=O) groups is 3. The number of anilines is 3. The van der Waals surface area contributed by atoms with E-state index in [2.05, 4.69) is 108 Å². The van der Waals surface area contributed by atoms with Crippen LogP contribution in [0.4, 0.5) is 43.4 Å². The Kier molecular flexibility index (Phi) is 25.7. The van der Waals surface area contributed by atoms with Crippen LogP contribution >= 0.6 is 11.6 Å². The van der Waals surface area contributed by atoms with Crippen molar-refractivity contribution in [1.29, 1.82) is 0 Å². The fourth-order valence-electron chi connectivity index (χ4n) is 12.5. The third-order valence-corrected chi connectivity index (χ3v) is 19.3. The van der Waals surface area contributed by atoms with E-state index in [9.17, 15) is 40.7 Å². The number of nitrogens with zero attached hydrogens (tertiary/aromatic N) is 11. The minimum atomic E-state index is -4.56. The molecule has 12 aromatic rings. The lowest BCUT2D eigenvalue weighted by atomic mass is 10.0. The van der Waals surface area contributed by atoms with E-state index in [4.69, 9.17) is 11.6 Å². The summed E-state index contributed by atoms with van der Waals surface area (Å²) < 4.78 is 84.1. The molecule has 0 atom stereocenters. The number of alkyl halides is 6. The molecular formula is C88H77ClF6N14O3. The predicted molar refractivity (Wildman–Crippen MR) is 424 cm³/mol. The summed E-state index contributed by atoms with van der Waals surface area (Å²) in [6.07, 6.45) is 9.76. The number of piperazine rings is 1. The summed E-state index contributed by atoms with van der Waals surface area (Å²) >= 11 is 6.58. The van der Waals surface area contributed by atoms with Crippen molar-refractivity contribution in [3.05, 3.63) is 314 Å². The summed E-state index contributed by atoms with van der Waals surface area (Å²) in [5.41, 5.74) is 9.69. The Hall–Kier alpha value is -12.4. The topological polar surface area (TPSA) is 183 Å². The summed E-state index contributed by atoms with van der Waals surface area (Å²) in [6.45, 7) is 14.3. The average molecular weight is 1530 g/mol. The molecule has 24 heteroatoms. The second-order valence-electron chi connectivity index (χ2n) is 27.3. The average Bonchev–Trinajstić information content (AvgIpc) is 0.865. The third-order valence-electron chi connectivity index (χ3n) is 18.9. The van der Waals surface area contributed by atoms with Gasteiger partial charge in [-0.05, 0) is 179 Å². The summed E-state index contributed by atoms with van der Waals surface area (Å²) in [5, 5.41) is 11.7. The van der Waals surface area contributed by atoms with Gasteiger partial charge in [-0.1, -0.05) is 102 Å². The number of rotatable bonds is 12. The molecule has 0 aliphatic carbocycles. The molecule has 0 spiro atoms. The second kappa shape index (κ2) is 36.4. The van der Waals surface area contributed by atoms with Gasteiger partial charge in [-0.25, -0.2) is 15.0 Å². The van der Waals surface area contributed by atoms with Crippen LogP contribution in [0.15, 0.2) is 214 Å². The number of amides is 3. The summed E-state index contributed by atoms with van der Waals surface area (Å²) in [5.74, 6) is 17.3. The number of aromatic nitrogens is 7. The fourth-order valence-corrected chi connectivity index (χ4v) is 12.8. The van der Waals surface area contributed by atoms with E-state index in [-0.39, 0.29) is 41.5 Å². The van der Waals surface area contributed by atoms with Crippen molar-refractivity contribution in [3.8, 4) is 35.5 Å². The molecule has 5 aromatic heterocycles. The second-order valence-corrected chi connectivity index (χ2v) is 27.7. The first-order chi connectivity index (χ1) is 53.9. The molecule has 14 rings (SSSR count). The van der Waals surface area contributed by atoms with Crippen molar-refractivity contribution in [2.45, 2.75) is 59.2 Å². The van der Waals surface area contributed by atoms with Crippen molar-refractivity contribution >= 4 is 68.1 Å². The highest BCUT2D eigenvalue weighted by molar-refractivity contribution is 6.31. The van der Waals surface area contributed by atoms with E-state index in [0.717, 1.165) is 138 Å². The van der Waals surface area contributed by atoms with Crippen LogP contribution in [0.5, 0.6) is 0 Å². The molecule has 566 valence electrons. The molecule has 2 aliphatic rings. The van der Waals surface area contributed by atoms with Gasteiger partial charge in [-0.15, -0.1) is 0 Å². The summed E-state index contributed by atoms with van der Waals surface area (Å²) in [7, 11) is 4.17. The van der Waals surface area contributed by atoms with Gasteiger partial charge in [0.2, 0.25) is 0 Å². The van der Waals surface area contributed by atoms with E-state index in [1.807, 2.05) is 94.5 Å². The van der Waals surface area contributed by atoms with Crippen LogP contribution in [0.2, 0.25) is 5.02 Å². The molecule has 0 bridgehead atoms. The lowest BCUT2D eigenvalue weighted by molar-refractivity contribution is -0.138. The molecule has 3 N–H and O–H groups in total. The number of imidazole rings is 1. The van der Waals surface area contributed by atoms with Crippen LogP contribution in [0, 0.1) is 56.3 Å². The number of likely N-dealkylation sites (N-methyl/N-ethyl adjacent to an activating group) is 2. The zero-order valence-electron chi connectivity index (χ0n) is 62.0. The molecule has 7 heterocycles. The molecule has 0 radical (unpaired) electrons. The highest BCUT2D eigenvalue weighted by atomic mass is 35.5. The van der Waals surface area contributed by atoms with Gasteiger partial charge in [0.15, 0.2) is 0 Å². The first-order valence-corrected chi connectivity index (χ1v) is 36.3. The number of benzene rings is 7. The van der Waals surface area contributed by atoms with Gasteiger partial charge in [0.05, 0.1) is 39.7 Å².